The maximum absolute atomic E-state index is 13.4. The molecule has 0 atom stereocenters. The lowest BCUT2D eigenvalue weighted by molar-refractivity contribution is 0.101. The van der Waals surface area contributed by atoms with E-state index in [1.807, 2.05) is 0 Å². The molecule has 0 aliphatic heterocycles. The minimum atomic E-state index is -0.863. The molecule has 0 bridgehead atoms. The van der Waals surface area contributed by atoms with Crippen LogP contribution in [0.5, 0.6) is 0 Å². The Labute approximate surface area is 117 Å². The van der Waals surface area contributed by atoms with Crippen LogP contribution in [0, 0.1) is 11.6 Å². The number of pyridine rings is 1. The smallest absolute Gasteiger partial charge is 0.179 e. The number of Topliss-reactive ketones (excluding diaryl/α,β-unsaturated/α-hetero) is 1. The summed E-state index contributed by atoms with van der Waals surface area (Å²) in [6, 6.07) is 6.60. The highest BCUT2D eigenvalue weighted by atomic mass is 35.5. The summed E-state index contributed by atoms with van der Waals surface area (Å²) in [5, 5.41) is 0.851. The lowest BCUT2D eigenvalue weighted by atomic mass is 10.1. The van der Waals surface area contributed by atoms with Gasteiger partial charge in [0.05, 0.1) is 16.3 Å². The summed E-state index contributed by atoms with van der Waals surface area (Å²) in [7, 11) is 0. The predicted octanol–water partition coefficient (Wildman–Crippen LogP) is 3.99. The maximum atomic E-state index is 13.4. The Kier molecular flexibility index (Phi) is 4.50. The molecule has 0 saturated carbocycles. The van der Waals surface area contributed by atoms with Gasteiger partial charge in [-0.1, -0.05) is 29.4 Å². The van der Waals surface area contributed by atoms with Crippen molar-refractivity contribution < 1.29 is 13.6 Å². The Morgan fingerprint density at radius 2 is 1.89 bits per heavy atom. The molecule has 1 aromatic heterocycles. The first kappa shape index (κ1) is 14.0. The zero-order valence-corrected chi connectivity index (χ0v) is 11.1. The third-order valence-electron chi connectivity index (χ3n) is 2.31. The summed E-state index contributed by atoms with van der Waals surface area (Å²) in [5.41, 5.74) is -0.526. The lowest BCUT2D eigenvalue weighted by Gasteiger charge is -2.04. The van der Waals surface area contributed by atoms with Crippen molar-refractivity contribution in [3.05, 3.63) is 58.7 Å². The maximum Gasteiger partial charge on any atom is 0.179 e. The highest BCUT2D eigenvalue weighted by Crippen LogP contribution is 2.25. The molecule has 0 aliphatic rings. The second kappa shape index (κ2) is 6.12. The largest absolute Gasteiger partial charge is 0.293 e. The molecule has 0 radical (unpaired) electrons. The second-order valence-corrected chi connectivity index (χ2v) is 4.97. The molecule has 2 rings (SSSR count). The van der Waals surface area contributed by atoms with Crippen molar-refractivity contribution in [2.75, 3.05) is 5.75 Å². The van der Waals surface area contributed by atoms with Crippen LogP contribution in [-0.2, 0) is 0 Å². The van der Waals surface area contributed by atoms with Gasteiger partial charge in [-0.3, -0.25) is 4.79 Å². The molecule has 1 aromatic carbocycles. The number of carbonyl (C=O) groups is 1. The van der Waals surface area contributed by atoms with E-state index in [-0.39, 0.29) is 5.75 Å². The number of hydrogen-bond donors (Lipinski definition) is 0. The molecule has 2 aromatic rings. The molecule has 0 amide bonds. The van der Waals surface area contributed by atoms with Crippen molar-refractivity contribution in [3.63, 3.8) is 0 Å². The van der Waals surface area contributed by atoms with Crippen molar-refractivity contribution in [1.82, 2.24) is 4.98 Å². The molecule has 98 valence electrons. The van der Waals surface area contributed by atoms with Crippen molar-refractivity contribution in [1.29, 1.82) is 0 Å². The van der Waals surface area contributed by atoms with Crippen LogP contribution in [0.1, 0.15) is 10.4 Å². The van der Waals surface area contributed by atoms with Crippen LogP contribution in [-0.4, -0.2) is 16.5 Å². The first-order chi connectivity index (χ1) is 9.09. The van der Waals surface area contributed by atoms with E-state index in [2.05, 4.69) is 4.98 Å². The Hall–Kier alpha value is -1.46. The molecular formula is C13H8ClF2NOS. The van der Waals surface area contributed by atoms with Crippen LogP contribution in [0.15, 0.2) is 41.6 Å². The van der Waals surface area contributed by atoms with Crippen LogP contribution < -0.4 is 0 Å². The van der Waals surface area contributed by atoms with Crippen LogP contribution in [0.2, 0.25) is 5.02 Å². The standard InChI is InChI=1S/C13H8ClF2NOS/c14-8-3-2-6-17-13(8)19-7-11(18)12-9(15)4-1-5-10(12)16/h1-6H,7H2. The van der Waals surface area contributed by atoms with Crippen LogP contribution in [0.3, 0.4) is 0 Å². The molecule has 1 heterocycles. The van der Waals surface area contributed by atoms with E-state index < -0.39 is 23.0 Å². The molecule has 0 N–H and O–H groups in total. The van der Waals surface area contributed by atoms with Crippen LogP contribution in [0.4, 0.5) is 8.78 Å². The summed E-state index contributed by atoms with van der Waals surface area (Å²) in [6.07, 6.45) is 1.53. The van der Waals surface area contributed by atoms with Crippen molar-refractivity contribution in [2.24, 2.45) is 0 Å². The van der Waals surface area contributed by atoms with Crippen LogP contribution >= 0.6 is 23.4 Å². The first-order valence-electron chi connectivity index (χ1n) is 5.30. The van der Waals surface area contributed by atoms with Gasteiger partial charge in [0.1, 0.15) is 16.7 Å². The third-order valence-corrected chi connectivity index (χ3v) is 3.73. The van der Waals surface area contributed by atoms with E-state index in [1.54, 1.807) is 12.1 Å². The topological polar surface area (TPSA) is 30.0 Å². The third kappa shape index (κ3) is 3.30. The first-order valence-corrected chi connectivity index (χ1v) is 6.66. The van der Waals surface area contributed by atoms with Gasteiger partial charge in [0, 0.05) is 6.20 Å². The molecule has 6 heteroatoms. The van der Waals surface area contributed by atoms with Crippen molar-refractivity contribution >= 4 is 29.1 Å². The van der Waals surface area contributed by atoms with Gasteiger partial charge in [0.25, 0.3) is 0 Å². The number of aromatic nitrogens is 1. The number of nitrogens with zero attached hydrogens (tertiary/aromatic N) is 1. The summed E-state index contributed by atoms with van der Waals surface area (Å²) in [4.78, 5) is 15.8. The zero-order chi connectivity index (χ0) is 13.8. The molecule has 0 spiro atoms. The Bertz CT molecular complexity index is 601. The Morgan fingerprint density at radius 3 is 2.53 bits per heavy atom. The average Bonchev–Trinajstić information content (AvgIpc) is 2.37. The number of carbonyl (C=O) groups excluding carboxylic acids is 1. The fourth-order valence-corrected chi connectivity index (χ4v) is 2.49. The Balaban J connectivity index is 2.13. The lowest BCUT2D eigenvalue weighted by Crippen LogP contribution is -2.08. The summed E-state index contributed by atoms with van der Waals surface area (Å²) in [5.74, 6) is -2.49. The summed E-state index contributed by atoms with van der Waals surface area (Å²) >= 11 is 6.91. The summed E-state index contributed by atoms with van der Waals surface area (Å²) < 4.78 is 26.8. The van der Waals surface area contributed by atoms with Gasteiger partial charge in [0.15, 0.2) is 5.78 Å². The number of hydrogen-bond acceptors (Lipinski definition) is 3. The molecule has 0 unspecified atom stereocenters. The predicted molar refractivity (Wildman–Crippen MR) is 70.7 cm³/mol. The quantitative estimate of drug-likeness (QED) is 0.631. The molecular weight excluding hydrogens is 292 g/mol. The van der Waals surface area contributed by atoms with Crippen molar-refractivity contribution in [2.45, 2.75) is 5.03 Å². The Morgan fingerprint density at radius 1 is 1.21 bits per heavy atom. The van der Waals surface area contributed by atoms with Gasteiger partial charge in [0.2, 0.25) is 0 Å². The van der Waals surface area contributed by atoms with Gasteiger partial charge in [-0.2, -0.15) is 0 Å². The molecule has 0 aliphatic carbocycles. The fraction of sp³-hybridized carbons (Fsp3) is 0.0769. The number of halogens is 3. The van der Waals surface area contributed by atoms with Gasteiger partial charge < -0.3 is 0 Å². The van der Waals surface area contributed by atoms with Gasteiger partial charge in [-0.25, -0.2) is 13.8 Å². The van der Waals surface area contributed by atoms with Gasteiger partial charge >= 0.3 is 0 Å². The van der Waals surface area contributed by atoms with E-state index in [1.165, 1.54) is 12.3 Å². The van der Waals surface area contributed by atoms with E-state index in [9.17, 15) is 13.6 Å². The monoisotopic (exact) mass is 299 g/mol. The molecule has 0 saturated heterocycles. The number of ketones is 1. The number of benzene rings is 1. The molecule has 2 nitrogen and oxygen atoms in total. The number of thioether (sulfide) groups is 1. The van der Waals surface area contributed by atoms with E-state index in [0.29, 0.717) is 10.0 Å². The minimum Gasteiger partial charge on any atom is -0.293 e. The van der Waals surface area contributed by atoms with Gasteiger partial charge in [-0.15, -0.1) is 0 Å². The zero-order valence-electron chi connectivity index (χ0n) is 9.57. The van der Waals surface area contributed by atoms with E-state index in [4.69, 9.17) is 11.6 Å². The highest BCUT2D eigenvalue weighted by Gasteiger charge is 2.17. The highest BCUT2D eigenvalue weighted by molar-refractivity contribution is 8.00. The van der Waals surface area contributed by atoms with Crippen LogP contribution in [0.25, 0.3) is 0 Å². The van der Waals surface area contributed by atoms with Crippen molar-refractivity contribution in [3.8, 4) is 0 Å². The minimum absolute atomic E-state index is 0.130. The SMILES string of the molecule is O=C(CSc1ncccc1Cl)c1c(F)cccc1F. The average molecular weight is 300 g/mol. The molecule has 0 fully saturated rings. The summed E-state index contributed by atoms with van der Waals surface area (Å²) in [6.45, 7) is 0. The second-order valence-electron chi connectivity index (χ2n) is 3.60. The van der Waals surface area contributed by atoms with Gasteiger partial charge in [-0.05, 0) is 24.3 Å². The molecule has 19 heavy (non-hydrogen) atoms. The van der Waals surface area contributed by atoms with E-state index >= 15 is 0 Å². The van der Waals surface area contributed by atoms with E-state index in [0.717, 1.165) is 23.9 Å². The normalized spacial score (nSPS) is 10.5. The number of rotatable bonds is 4. The fourth-order valence-electron chi connectivity index (χ4n) is 1.45.